The van der Waals surface area contributed by atoms with Gasteiger partial charge in [0.25, 0.3) is 0 Å². The van der Waals surface area contributed by atoms with Crippen LogP contribution in [0.4, 0.5) is 5.69 Å². The molecule has 0 amide bonds. The van der Waals surface area contributed by atoms with E-state index in [1.54, 1.807) is 0 Å². The molecule has 78 valence electrons. The second-order valence-corrected chi connectivity index (χ2v) is 3.62. The van der Waals surface area contributed by atoms with Gasteiger partial charge in [0.1, 0.15) is 5.75 Å². The van der Waals surface area contributed by atoms with Gasteiger partial charge in [0.15, 0.2) is 0 Å². The molecular weight excluding hydrogens is 174 g/mol. The van der Waals surface area contributed by atoms with E-state index in [2.05, 4.69) is 18.3 Å². The summed E-state index contributed by atoms with van der Waals surface area (Å²) in [5.41, 5.74) is 1.13. The van der Waals surface area contributed by atoms with Crippen LogP contribution in [-0.4, -0.2) is 12.6 Å². The van der Waals surface area contributed by atoms with Crippen LogP contribution in [0.5, 0.6) is 5.75 Å². The monoisotopic (exact) mass is 193 g/mol. The van der Waals surface area contributed by atoms with Gasteiger partial charge in [0, 0.05) is 18.3 Å². The maximum Gasteiger partial charge on any atom is 0.121 e. The van der Waals surface area contributed by atoms with E-state index in [4.69, 9.17) is 4.74 Å². The predicted molar refractivity (Wildman–Crippen MR) is 61.0 cm³/mol. The van der Waals surface area contributed by atoms with Crippen LogP contribution in [0.25, 0.3) is 0 Å². The second kappa shape index (κ2) is 5.53. The molecule has 0 aromatic heterocycles. The maximum absolute atomic E-state index is 5.59. The van der Waals surface area contributed by atoms with E-state index >= 15 is 0 Å². The first-order valence-electron chi connectivity index (χ1n) is 5.23. The third-order valence-electron chi connectivity index (χ3n) is 1.78. The normalized spacial score (nSPS) is 10.3. The van der Waals surface area contributed by atoms with Crippen LogP contribution in [0, 0.1) is 0 Å². The van der Waals surface area contributed by atoms with E-state index < -0.39 is 0 Å². The summed E-state index contributed by atoms with van der Waals surface area (Å²) in [4.78, 5) is 0. The Morgan fingerprint density at radius 3 is 2.79 bits per heavy atom. The van der Waals surface area contributed by atoms with Crippen LogP contribution in [0.3, 0.4) is 0 Å². The highest BCUT2D eigenvalue weighted by Crippen LogP contribution is 2.18. The summed E-state index contributed by atoms with van der Waals surface area (Å²) >= 11 is 0. The van der Waals surface area contributed by atoms with Crippen molar-refractivity contribution in [2.45, 2.75) is 33.3 Å². The highest BCUT2D eigenvalue weighted by atomic mass is 16.5. The van der Waals surface area contributed by atoms with Gasteiger partial charge in [-0.15, -0.1) is 0 Å². The fourth-order valence-corrected chi connectivity index (χ4v) is 1.22. The molecule has 0 atom stereocenters. The first-order valence-corrected chi connectivity index (χ1v) is 5.23. The molecule has 1 rings (SSSR count). The summed E-state index contributed by atoms with van der Waals surface area (Å²) in [6, 6.07) is 8.09. The molecule has 2 heteroatoms. The lowest BCUT2D eigenvalue weighted by atomic mass is 10.3. The Labute approximate surface area is 86.3 Å². The quantitative estimate of drug-likeness (QED) is 0.774. The molecule has 0 unspecified atom stereocenters. The Hall–Kier alpha value is -1.18. The van der Waals surface area contributed by atoms with Crippen molar-refractivity contribution in [3.63, 3.8) is 0 Å². The van der Waals surface area contributed by atoms with Gasteiger partial charge in [-0.1, -0.05) is 13.0 Å². The molecule has 0 fully saturated rings. The Balaban J connectivity index is 2.59. The van der Waals surface area contributed by atoms with Crippen LogP contribution in [0.1, 0.15) is 27.2 Å². The predicted octanol–water partition coefficient (Wildman–Crippen LogP) is 3.30. The van der Waals surface area contributed by atoms with E-state index in [1.807, 2.05) is 32.0 Å². The van der Waals surface area contributed by atoms with E-state index in [1.165, 1.54) is 0 Å². The largest absolute Gasteiger partial charge is 0.491 e. The molecular formula is C12H19NO. The van der Waals surface area contributed by atoms with Crippen LogP contribution in [0.2, 0.25) is 0 Å². The van der Waals surface area contributed by atoms with E-state index in [0.717, 1.165) is 24.4 Å². The number of rotatable bonds is 5. The van der Waals surface area contributed by atoms with Gasteiger partial charge >= 0.3 is 0 Å². The van der Waals surface area contributed by atoms with Crippen LogP contribution in [0.15, 0.2) is 24.3 Å². The van der Waals surface area contributed by atoms with Crippen LogP contribution < -0.4 is 10.1 Å². The number of anilines is 1. The molecule has 0 saturated heterocycles. The molecule has 1 aromatic carbocycles. The van der Waals surface area contributed by atoms with Gasteiger partial charge in [-0.25, -0.2) is 0 Å². The molecule has 1 aromatic rings. The Kier molecular flexibility index (Phi) is 4.30. The van der Waals surface area contributed by atoms with Crippen molar-refractivity contribution in [2.24, 2.45) is 0 Å². The average molecular weight is 193 g/mol. The summed E-state index contributed by atoms with van der Waals surface area (Å²) in [5, 5.41) is 3.33. The Morgan fingerprint density at radius 2 is 2.14 bits per heavy atom. The van der Waals surface area contributed by atoms with Crippen LogP contribution >= 0.6 is 0 Å². The molecule has 0 aliphatic heterocycles. The standard InChI is InChI=1S/C12H19NO/c1-4-8-13-11-6-5-7-12(9-11)14-10(2)3/h5-7,9-10,13H,4,8H2,1-3H3. The first kappa shape index (κ1) is 10.9. The summed E-state index contributed by atoms with van der Waals surface area (Å²) < 4.78 is 5.59. The Morgan fingerprint density at radius 1 is 1.36 bits per heavy atom. The molecule has 1 N–H and O–H groups in total. The van der Waals surface area contributed by atoms with Crippen molar-refractivity contribution in [3.8, 4) is 5.75 Å². The van der Waals surface area contributed by atoms with E-state index in [0.29, 0.717) is 0 Å². The lowest BCUT2D eigenvalue weighted by Crippen LogP contribution is -2.06. The van der Waals surface area contributed by atoms with Gasteiger partial charge in [0.05, 0.1) is 6.10 Å². The minimum Gasteiger partial charge on any atom is -0.491 e. The molecule has 0 spiro atoms. The van der Waals surface area contributed by atoms with Crippen molar-refractivity contribution in [3.05, 3.63) is 24.3 Å². The van der Waals surface area contributed by atoms with Gasteiger partial charge < -0.3 is 10.1 Å². The molecule has 0 saturated carbocycles. The first-order chi connectivity index (χ1) is 6.72. The number of benzene rings is 1. The fourth-order valence-electron chi connectivity index (χ4n) is 1.22. The highest BCUT2D eigenvalue weighted by molar-refractivity contribution is 5.48. The van der Waals surface area contributed by atoms with E-state index in [9.17, 15) is 0 Å². The van der Waals surface area contributed by atoms with Gasteiger partial charge in [-0.3, -0.25) is 0 Å². The summed E-state index contributed by atoms with van der Waals surface area (Å²) in [7, 11) is 0. The molecule has 0 aliphatic rings. The summed E-state index contributed by atoms with van der Waals surface area (Å²) in [6.07, 6.45) is 1.37. The third-order valence-corrected chi connectivity index (χ3v) is 1.78. The molecule has 14 heavy (non-hydrogen) atoms. The number of ether oxygens (including phenoxy) is 1. The van der Waals surface area contributed by atoms with Gasteiger partial charge in [-0.2, -0.15) is 0 Å². The van der Waals surface area contributed by atoms with Gasteiger partial charge in [0.2, 0.25) is 0 Å². The average Bonchev–Trinajstić information content (AvgIpc) is 2.14. The third kappa shape index (κ3) is 3.69. The smallest absolute Gasteiger partial charge is 0.121 e. The molecule has 2 nitrogen and oxygen atoms in total. The highest BCUT2D eigenvalue weighted by Gasteiger charge is 1.98. The number of hydrogen-bond acceptors (Lipinski definition) is 2. The van der Waals surface area contributed by atoms with Gasteiger partial charge in [-0.05, 0) is 32.4 Å². The summed E-state index contributed by atoms with van der Waals surface area (Å²) in [5.74, 6) is 0.932. The van der Waals surface area contributed by atoms with E-state index in [-0.39, 0.29) is 6.10 Å². The molecule has 0 radical (unpaired) electrons. The SMILES string of the molecule is CCCNc1cccc(OC(C)C)c1. The minimum atomic E-state index is 0.233. The Bertz CT molecular complexity index is 271. The zero-order chi connectivity index (χ0) is 10.4. The second-order valence-electron chi connectivity index (χ2n) is 3.62. The van der Waals surface area contributed by atoms with Crippen molar-refractivity contribution < 1.29 is 4.74 Å². The number of nitrogens with one attached hydrogen (secondary N) is 1. The van der Waals surface area contributed by atoms with Crippen molar-refractivity contribution in [1.82, 2.24) is 0 Å². The van der Waals surface area contributed by atoms with Crippen molar-refractivity contribution in [2.75, 3.05) is 11.9 Å². The minimum absolute atomic E-state index is 0.233. The molecule has 0 bridgehead atoms. The summed E-state index contributed by atoms with van der Waals surface area (Å²) in [6.45, 7) is 7.23. The lowest BCUT2D eigenvalue weighted by Gasteiger charge is -2.11. The zero-order valence-corrected chi connectivity index (χ0v) is 9.21. The lowest BCUT2D eigenvalue weighted by molar-refractivity contribution is 0.242. The zero-order valence-electron chi connectivity index (χ0n) is 9.21. The fraction of sp³-hybridized carbons (Fsp3) is 0.500. The molecule has 0 aliphatic carbocycles. The van der Waals surface area contributed by atoms with Crippen molar-refractivity contribution >= 4 is 5.69 Å². The molecule has 0 heterocycles. The van der Waals surface area contributed by atoms with Crippen LogP contribution in [-0.2, 0) is 0 Å². The maximum atomic E-state index is 5.59. The van der Waals surface area contributed by atoms with Crippen molar-refractivity contribution in [1.29, 1.82) is 0 Å². The number of hydrogen-bond donors (Lipinski definition) is 1. The topological polar surface area (TPSA) is 21.3 Å².